The Morgan fingerprint density at radius 1 is 1.10 bits per heavy atom. The molecule has 104 valence electrons. The van der Waals surface area contributed by atoms with Gasteiger partial charge >= 0.3 is 0 Å². The van der Waals surface area contributed by atoms with Crippen molar-refractivity contribution in [2.75, 3.05) is 5.43 Å². The molecule has 0 radical (unpaired) electrons. The summed E-state index contributed by atoms with van der Waals surface area (Å²) in [6, 6.07) is 4.52. The minimum atomic E-state index is -0.733. The molecule has 1 aromatic heterocycles. The molecule has 20 heavy (non-hydrogen) atoms. The molecule has 1 N–H and O–H groups in total. The van der Waals surface area contributed by atoms with E-state index < -0.39 is 11.6 Å². The van der Waals surface area contributed by atoms with Crippen molar-refractivity contribution < 1.29 is 8.78 Å². The topological polar surface area (TPSA) is 37.3 Å². The number of anilines is 1. The molecule has 0 spiro atoms. The minimum Gasteiger partial charge on any atom is -0.260 e. The van der Waals surface area contributed by atoms with Gasteiger partial charge < -0.3 is 0 Å². The van der Waals surface area contributed by atoms with Crippen LogP contribution in [0.25, 0.3) is 0 Å². The summed E-state index contributed by atoms with van der Waals surface area (Å²) in [5.74, 6) is -1.23. The number of halogens is 5. The van der Waals surface area contributed by atoms with Crippen LogP contribution in [0.15, 0.2) is 29.4 Å². The average molecular weight is 337 g/mol. The van der Waals surface area contributed by atoms with Gasteiger partial charge in [0.15, 0.2) is 5.82 Å². The Morgan fingerprint density at radius 2 is 1.85 bits per heavy atom. The van der Waals surface area contributed by atoms with Crippen LogP contribution in [0.2, 0.25) is 15.2 Å². The Balaban J connectivity index is 2.16. The lowest BCUT2D eigenvalue weighted by Gasteiger charge is -2.04. The second kappa shape index (κ2) is 6.35. The molecule has 2 rings (SSSR count). The van der Waals surface area contributed by atoms with E-state index in [1.54, 1.807) is 0 Å². The first-order valence-electron chi connectivity index (χ1n) is 5.23. The van der Waals surface area contributed by atoms with E-state index in [2.05, 4.69) is 15.5 Å². The van der Waals surface area contributed by atoms with Crippen molar-refractivity contribution >= 4 is 46.8 Å². The van der Waals surface area contributed by atoms with Crippen molar-refractivity contribution in [1.82, 2.24) is 4.98 Å². The Labute approximate surface area is 128 Å². The first kappa shape index (κ1) is 15.0. The number of rotatable bonds is 3. The molecular weight excluding hydrogens is 331 g/mol. The molecule has 0 aliphatic rings. The molecule has 0 saturated heterocycles. The van der Waals surface area contributed by atoms with E-state index in [1.807, 2.05) is 0 Å². The summed E-state index contributed by atoms with van der Waals surface area (Å²) < 4.78 is 26.0. The van der Waals surface area contributed by atoms with E-state index in [0.29, 0.717) is 0 Å². The van der Waals surface area contributed by atoms with Crippen molar-refractivity contribution in [3.63, 3.8) is 0 Å². The Hall–Kier alpha value is -1.43. The van der Waals surface area contributed by atoms with E-state index in [1.165, 1.54) is 12.1 Å². The molecule has 3 nitrogen and oxygen atoms in total. The first-order valence-corrected chi connectivity index (χ1v) is 6.36. The Bertz CT molecular complexity index is 677. The molecule has 0 unspecified atom stereocenters. The van der Waals surface area contributed by atoms with Crippen LogP contribution in [-0.2, 0) is 0 Å². The summed E-state index contributed by atoms with van der Waals surface area (Å²) in [6.45, 7) is 0. The zero-order valence-electron chi connectivity index (χ0n) is 9.67. The predicted octanol–water partition coefficient (Wildman–Crippen LogP) is 4.77. The van der Waals surface area contributed by atoms with Gasteiger partial charge in [0.25, 0.3) is 0 Å². The van der Waals surface area contributed by atoms with Gasteiger partial charge in [-0.05, 0) is 18.2 Å². The fourth-order valence-corrected chi connectivity index (χ4v) is 1.83. The van der Waals surface area contributed by atoms with Crippen molar-refractivity contribution in [3.8, 4) is 0 Å². The highest BCUT2D eigenvalue weighted by Gasteiger charge is 2.07. The molecule has 2 aromatic rings. The zero-order chi connectivity index (χ0) is 14.7. The number of benzene rings is 1. The highest BCUT2D eigenvalue weighted by molar-refractivity contribution is 6.42. The third kappa shape index (κ3) is 3.56. The fraction of sp³-hybridized carbons (Fsp3) is 0. The van der Waals surface area contributed by atoms with Gasteiger partial charge in [-0.15, -0.1) is 0 Å². The van der Waals surface area contributed by atoms with Crippen molar-refractivity contribution in [2.45, 2.75) is 0 Å². The van der Waals surface area contributed by atoms with Gasteiger partial charge in [-0.1, -0.05) is 34.8 Å². The highest BCUT2D eigenvalue weighted by Crippen LogP contribution is 2.28. The van der Waals surface area contributed by atoms with Crippen LogP contribution < -0.4 is 5.43 Å². The first-order chi connectivity index (χ1) is 9.47. The van der Waals surface area contributed by atoms with Gasteiger partial charge in [-0.3, -0.25) is 5.43 Å². The fourth-order valence-electron chi connectivity index (χ4n) is 1.29. The molecule has 0 fully saturated rings. The van der Waals surface area contributed by atoms with E-state index >= 15 is 0 Å². The van der Waals surface area contributed by atoms with Gasteiger partial charge in [0, 0.05) is 11.6 Å². The molecule has 0 saturated carbocycles. The molecular formula is C12H6Cl3F2N3. The maximum atomic E-state index is 13.3. The van der Waals surface area contributed by atoms with Crippen LogP contribution in [0.5, 0.6) is 0 Å². The number of pyridine rings is 1. The van der Waals surface area contributed by atoms with Crippen molar-refractivity contribution in [2.24, 2.45) is 5.10 Å². The van der Waals surface area contributed by atoms with E-state index in [9.17, 15) is 8.78 Å². The molecule has 8 heteroatoms. The van der Waals surface area contributed by atoms with Gasteiger partial charge in [0.2, 0.25) is 0 Å². The predicted molar refractivity (Wildman–Crippen MR) is 76.8 cm³/mol. The van der Waals surface area contributed by atoms with Gasteiger partial charge in [-0.25, -0.2) is 13.8 Å². The van der Waals surface area contributed by atoms with Gasteiger partial charge in [0.05, 0.1) is 16.3 Å². The smallest absolute Gasteiger partial charge is 0.166 e. The van der Waals surface area contributed by atoms with Gasteiger partial charge in [-0.2, -0.15) is 5.10 Å². The third-order valence-corrected chi connectivity index (χ3v) is 3.18. The summed E-state index contributed by atoms with van der Waals surface area (Å²) >= 11 is 17.3. The van der Waals surface area contributed by atoms with Crippen LogP contribution in [0, 0.1) is 11.6 Å². The zero-order valence-corrected chi connectivity index (χ0v) is 11.9. The lowest BCUT2D eigenvalue weighted by atomic mass is 10.2. The summed E-state index contributed by atoms with van der Waals surface area (Å²) in [6.07, 6.45) is 1.16. The molecule has 0 amide bonds. The van der Waals surface area contributed by atoms with E-state index in [4.69, 9.17) is 34.8 Å². The average Bonchev–Trinajstić information content (AvgIpc) is 2.38. The molecule has 0 aliphatic carbocycles. The summed E-state index contributed by atoms with van der Waals surface area (Å²) in [7, 11) is 0. The lowest BCUT2D eigenvalue weighted by Crippen LogP contribution is -1.97. The monoisotopic (exact) mass is 335 g/mol. The number of hydrogen-bond donors (Lipinski definition) is 1. The normalized spacial score (nSPS) is 11.1. The SMILES string of the molecule is Fc1ccc(C=NNc2nc(Cl)c(Cl)cc2Cl)c(F)c1. The highest BCUT2D eigenvalue weighted by atomic mass is 35.5. The van der Waals surface area contributed by atoms with Crippen LogP contribution >= 0.6 is 34.8 Å². The summed E-state index contributed by atoms with van der Waals surface area (Å²) in [4.78, 5) is 3.86. The molecule has 0 bridgehead atoms. The maximum absolute atomic E-state index is 13.3. The van der Waals surface area contributed by atoms with Gasteiger partial charge in [0.1, 0.15) is 16.8 Å². The summed E-state index contributed by atoms with van der Waals surface area (Å²) in [5, 5.41) is 4.21. The second-order valence-electron chi connectivity index (χ2n) is 3.63. The quantitative estimate of drug-likeness (QED) is 0.498. The summed E-state index contributed by atoms with van der Waals surface area (Å²) in [5.41, 5.74) is 2.60. The van der Waals surface area contributed by atoms with Crippen LogP contribution in [0.4, 0.5) is 14.6 Å². The van der Waals surface area contributed by atoms with Crippen LogP contribution in [0.3, 0.4) is 0 Å². The molecule has 0 aliphatic heterocycles. The number of nitrogens with zero attached hydrogens (tertiary/aromatic N) is 2. The Morgan fingerprint density at radius 3 is 2.55 bits per heavy atom. The second-order valence-corrected chi connectivity index (χ2v) is 4.80. The number of nitrogens with one attached hydrogen (secondary N) is 1. The van der Waals surface area contributed by atoms with E-state index in [-0.39, 0.29) is 26.6 Å². The van der Waals surface area contributed by atoms with Crippen molar-refractivity contribution in [1.29, 1.82) is 0 Å². The number of hydrogen-bond acceptors (Lipinski definition) is 3. The Kier molecular flexibility index (Phi) is 4.75. The van der Waals surface area contributed by atoms with E-state index in [0.717, 1.165) is 18.3 Å². The number of aromatic nitrogens is 1. The maximum Gasteiger partial charge on any atom is 0.166 e. The molecule has 1 aromatic carbocycles. The lowest BCUT2D eigenvalue weighted by molar-refractivity contribution is 0.582. The van der Waals surface area contributed by atoms with Crippen LogP contribution in [-0.4, -0.2) is 11.2 Å². The largest absolute Gasteiger partial charge is 0.260 e. The molecule has 1 heterocycles. The third-order valence-electron chi connectivity index (χ3n) is 2.22. The standard InChI is InChI=1S/C12H6Cl3F2N3/c13-8-4-9(14)12(19-11(8)15)20-18-5-6-1-2-7(16)3-10(6)17/h1-5H,(H,19,20). The van der Waals surface area contributed by atoms with Crippen LogP contribution in [0.1, 0.15) is 5.56 Å². The van der Waals surface area contributed by atoms with Crippen molar-refractivity contribution in [3.05, 3.63) is 56.7 Å². The minimum absolute atomic E-state index is 0.0572. The molecule has 0 atom stereocenters. The number of hydrazone groups is 1.